The average molecular weight is 438 g/mol. The van der Waals surface area contributed by atoms with Gasteiger partial charge in [0.05, 0.1) is 24.3 Å². The molecule has 0 aliphatic heterocycles. The second-order valence-corrected chi connectivity index (χ2v) is 6.39. The first-order valence-corrected chi connectivity index (χ1v) is 9.99. The van der Waals surface area contributed by atoms with Gasteiger partial charge in [-0.15, -0.1) is 0 Å². The molecule has 0 bridgehead atoms. The fourth-order valence-corrected chi connectivity index (χ4v) is 2.70. The van der Waals surface area contributed by atoms with Gasteiger partial charge >= 0.3 is 0 Å². The molecule has 0 spiro atoms. The normalized spacial score (nSPS) is 13.2. The fraction of sp³-hybridized carbons (Fsp3) is 0.333. The Balaban J connectivity index is 0.00000145. The molecule has 2 aromatic heterocycles. The summed E-state index contributed by atoms with van der Waals surface area (Å²) in [6, 6.07) is 0. The number of thiol groups is 1. The molecule has 1 fully saturated rings. The van der Waals surface area contributed by atoms with E-state index in [1.807, 2.05) is 0 Å². The van der Waals surface area contributed by atoms with Gasteiger partial charge in [-0.3, -0.25) is 9.69 Å². The summed E-state index contributed by atoms with van der Waals surface area (Å²) in [5, 5.41) is 3.13. The molecule has 1 aliphatic carbocycles. The van der Waals surface area contributed by atoms with Crippen LogP contribution in [0.3, 0.4) is 0 Å². The van der Waals surface area contributed by atoms with Gasteiger partial charge in [0, 0.05) is 26.2 Å². The highest BCUT2D eigenvalue weighted by atomic mass is 35.5. The second kappa shape index (κ2) is 10.2. The molecule has 2 heterocycles. The highest BCUT2D eigenvalue weighted by molar-refractivity contribution is 7.79. The van der Waals surface area contributed by atoms with E-state index in [0.717, 1.165) is 12.8 Å². The number of nitrogens with one attached hydrogen (secondary N) is 1. The summed E-state index contributed by atoms with van der Waals surface area (Å²) in [7, 11) is 3.35. The van der Waals surface area contributed by atoms with E-state index in [1.165, 1.54) is 29.7 Å². The number of aromatic nitrogens is 3. The lowest BCUT2D eigenvalue weighted by atomic mass is 10.3. The maximum Gasteiger partial charge on any atom is 0.231 e. The maximum absolute atomic E-state index is 12.1. The Morgan fingerprint density at radius 3 is 2.52 bits per heavy atom. The van der Waals surface area contributed by atoms with Gasteiger partial charge in [-0.2, -0.15) is 12.6 Å². The molecule has 3 rings (SSSR count). The average Bonchev–Trinajstić information content (AvgIpc) is 3.60. The van der Waals surface area contributed by atoms with Gasteiger partial charge in [0.25, 0.3) is 0 Å². The molecule has 0 radical (unpaired) electrons. The maximum atomic E-state index is 12.1. The summed E-state index contributed by atoms with van der Waals surface area (Å²) >= 11 is 9.81. The predicted molar refractivity (Wildman–Crippen MR) is 119 cm³/mol. The number of nitrogen functional groups attached to an aromatic ring is 1. The minimum Gasteiger partial charge on any atom is -0.450 e. The molecule has 156 valence electrons. The van der Waals surface area contributed by atoms with E-state index in [9.17, 15) is 4.79 Å². The number of pyridine rings is 1. The zero-order valence-corrected chi connectivity index (χ0v) is 18.0. The molecule has 29 heavy (non-hydrogen) atoms. The number of ether oxygens (including phenoxy) is 1. The van der Waals surface area contributed by atoms with Crippen LogP contribution in [0.1, 0.15) is 18.5 Å². The number of nitrogens with two attached hydrogens (primary N) is 2. The van der Waals surface area contributed by atoms with Crippen molar-refractivity contribution < 1.29 is 9.53 Å². The molecule has 1 saturated carbocycles. The number of halogens is 1. The van der Waals surface area contributed by atoms with Crippen LogP contribution >= 0.6 is 24.2 Å². The van der Waals surface area contributed by atoms with Gasteiger partial charge in [0.1, 0.15) is 16.5 Å². The summed E-state index contributed by atoms with van der Waals surface area (Å²) in [6.07, 6.45) is 9.15. The number of rotatable bonds is 6. The van der Waals surface area contributed by atoms with Crippen LogP contribution in [0.15, 0.2) is 24.8 Å². The minimum atomic E-state index is 0.0437. The van der Waals surface area contributed by atoms with Crippen LogP contribution in [-0.2, 0) is 4.79 Å². The summed E-state index contributed by atoms with van der Waals surface area (Å²) in [5.41, 5.74) is 12.3. The molecule has 2 aromatic rings. The van der Waals surface area contributed by atoms with Gasteiger partial charge in [0.2, 0.25) is 5.91 Å². The SMILES string of the molecule is CNc1c(N)ncc(O/C(=C/N)c2cnc(N(C)C(=O)C3CC3)cn2)c1Cl.CS. The smallest absolute Gasteiger partial charge is 0.231 e. The van der Waals surface area contributed by atoms with Crippen molar-refractivity contribution in [2.24, 2.45) is 11.7 Å². The van der Waals surface area contributed by atoms with Gasteiger partial charge in [-0.1, -0.05) is 11.6 Å². The number of carbonyl (C=O) groups is 1. The topological polar surface area (TPSA) is 132 Å². The lowest BCUT2D eigenvalue weighted by Gasteiger charge is -2.16. The van der Waals surface area contributed by atoms with E-state index in [2.05, 4.69) is 32.9 Å². The molecule has 11 heteroatoms. The first-order chi connectivity index (χ1) is 14.0. The van der Waals surface area contributed by atoms with Crippen molar-refractivity contribution in [3.8, 4) is 5.75 Å². The fourth-order valence-electron chi connectivity index (χ4n) is 2.42. The Morgan fingerprint density at radius 1 is 1.31 bits per heavy atom. The lowest BCUT2D eigenvalue weighted by molar-refractivity contribution is -0.119. The standard InChI is InChI=1S/C17H20ClN7O2.CH4S/c1-21-15-14(18)12(7-24-16(15)20)27-11(5-19)10-6-23-13(8-22-10)25(2)17(26)9-3-4-9;1-2/h5-9,21H,3-4,19H2,1-2H3,(H2,20,24);2H,1H3/b11-5+;. The van der Waals surface area contributed by atoms with Crippen molar-refractivity contribution in [1.29, 1.82) is 0 Å². The minimum absolute atomic E-state index is 0.0437. The van der Waals surface area contributed by atoms with Gasteiger partial charge < -0.3 is 21.5 Å². The first kappa shape index (κ1) is 22.6. The summed E-state index contributed by atoms with van der Waals surface area (Å²) in [5.74, 6) is 1.35. The van der Waals surface area contributed by atoms with Crippen molar-refractivity contribution in [1.82, 2.24) is 15.0 Å². The molecule has 0 aromatic carbocycles. The van der Waals surface area contributed by atoms with Gasteiger partial charge in [0.15, 0.2) is 17.3 Å². The predicted octanol–water partition coefficient (Wildman–Crippen LogP) is 2.40. The zero-order valence-electron chi connectivity index (χ0n) is 16.4. The van der Waals surface area contributed by atoms with Crippen LogP contribution in [-0.4, -0.2) is 41.2 Å². The Hall–Kier alpha value is -2.72. The summed E-state index contributed by atoms with van der Waals surface area (Å²) in [6.45, 7) is 0. The van der Waals surface area contributed by atoms with E-state index >= 15 is 0 Å². The van der Waals surface area contributed by atoms with Crippen LogP contribution in [0, 0.1) is 5.92 Å². The molecule has 5 N–H and O–H groups in total. The molecular formula is C18H24ClN7O2S. The van der Waals surface area contributed by atoms with Gasteiger partial charge in [-0.05, 0) is 19.1 Å². The second-order valence-electron chi connectivity index (χ2n) is 6.01. The van der Waals surface area contributed by atoms with Crippen molar-refractivity contribution in [2.75, 3.05) is 36.3 Å². The van der Waals surface area contributed by atoms with Crippen LogP contribution in [0.5, 0.6) is 5.75 Å². The summed E-state index contributed by atoms with van der Waals surface area (Å²) in [4.78, 5) is 26.2. The Bertz CT molecular complexity index is 889. The van der Waals surface area contributed by atoms with Crippen molar-refractivity contribution in [2.45, 2.75) is 12.8 Å². The van der Waals surface area contributed by atoms with E-state index < -0.39 is 0 Å². The third-order valence-electron chi connectivity index (χ3n) is 4.13. The van der Waals surface area contributed by atoms with Crippen LogP contribution in [0.25, 0.3) is 5.76 Å². The third kappa shape index (κ3) is 5.21. The largest absolute Gasteiger partial charge is 0.450 e. The molecule has 0 atom stereocenters. The van der Waals surface area contributed by atoms with E-state index in [4.69, 9.17) is 27.8 Å². The van der Waals surface area contributed by atoms with E-state index in [1.54, 1.807) is 20.4 Å². The number of anilines is 3. The van der Waals surface area contributed by atoms with Crippen molar-refractivity contribution in [3.05, 3.63) is 35.5 Å². The third-order valence-corrected chi connectivity index (χ3v) is 4.50. The quantitative estimate of drug-likeness (QED) is 0.400. The number of amides is 1. The monoisotopic (exact) mass is 437 g/mol. The number of hydrogen-bond donors (Lipinski definition) is 4. The van der Waals surface area contributed by atoms with Crippen molar-refractivity contribution in [3.63, 3.8) is 0 Å². The van der Waals surface area contributed by atoms with E-state index in [0.29, 0.717) is 17.2 Å². The Kier molecular flexibility index (Phi) is 7.91. The number of hydrogen-bond acceptors (Lipinski definition) is 9. The van der Waals surface area contributed by atoms with Crippen LogP contribution in [0.4, 0.5) is 17.3 Å². The molecule has 1 amide bonds. The number of nitrogens with zero attached hydrogens (tertiary/aromatic N) is 4. The first-order valence-electron chi connectivity index (χ1n) is 8.72. The summed E-state index contributed by atoms with van der Waals surface area (Å²) < 4.78 is 5.74. The van der Waals surface area contributed by atoms with E-state index in [-0.39, 0.29) is 34.2 Å². The highest BCUT2D eigenvalue weighted by Crippen LogP contribution is 2.36. The molecule has 0 unspecified atom stereocenters. The molecule has 1 aliphatic rings. The van der Waals surface area contributed by atoms with Crippen LogP contribution < -0.4 is 26.4 Å². The molecule has 0 saturated heterocycles. The Morgan fingerprint density at radius 2 is 2.00 bits per heavy atom. The van der Waals surface area contributed by atoms with Gasteiger partial charge in [-0.25, -0.2) is 15.0 Å². The van der Waals surface area contributed by atoms with Crippen LogP contribution in [0.2, 0.25) is 5.02 Å². The molecular weight excluding hydrogens is 414 g/mol. The highest BCUT2D eigenvalue weighted by Gasteiger charge is 2.33. The Labute approximate surface area is 179 Å². The van der Waals surface area contributed by atoms with Crippen molar-refractivity contribution >= 4 is 53.2 Å². The zero-order chi connectivity index (χ0) is 21.6. The lowest BCUT2D eigenvalue weighted by Crippen LogP contribution is -2.28. The number of carbonyl (C=O) groups excluding carboxylic acids is 1. The molecule has 9 nitrogen and oxygen atoms in total.